The lowest BCUT2D eigenvalue weighted by molar-refractivity contribution is -0.126. The fourth-order valence-corrected chi connectivity index (χ4v) is 3.22. The summed E-state index contributed by atoms with van der Waals surface area (Å²) in [7, 11) is 0. The average Bonchev–Trinajstić information content (AvgIpc) is 2.47. The lowest BCUT2D eigenvalue weighted by atomic mass is 10.0. The van der Waals surface area contributed by atoms with Crippen molar-refractivity contribution in [2.45, 2.75) is 6.04 Å². The van der Waals surface area contributed by atoms with Crippen LogP contribution in [0.1, 0.15) is 11.6 Å². The Bertz CT molecular complexity index is 393. The third kappa shape index (κ3) is 3.96. The molecule has 1 fully saturated rings. The molecule has 0 spiro atoms. The highest BCUT2D eigenvalue weighted by Crippen LogP contribution is 2.24. The highest BCUT2D eigenvalue weighted by atomic mass is 32.2. The first kappa shape index (κ1) is 14.4. The molecule has 1 aliphatic heterocycles. The number of nitrogens with zero attached hydrogens (tertiary/aromatic N) is 1. The molecule has 4 nitrogen and oxygen atoms in total. The summed E-state index contributed by atoms with van der Waals surface area (Å²) in [5.41, 5.74) is 6.52. The Morgan fingerprint density at radius 3 is 2.63 bits per heavy atom. The monoisotopic (exact) mass is 279 g/mol. The Balaban J connectivity index is 2.14. The smallest absolute Gasteiger partial charge is 0.242 e. The number of hydrogen-bond acceptors (Lipinski definition) is 4. The van der Waals surface area contributed by atoms with Crippen LogP contribution in [-0.4, -0.2) is 48.5 Å². The van der Waals surface area contributed by atoms with Gasteiger partial charge in [-0.1, -0.05) is 30.3 Å². The van der Waals surface area contributed by atoms with E-state index in [0.717, 1.165) is 30.2 Å². The van der Waals surface area contributed by atoms with E-state index in [4.69, 9.17) is 5.73 Å². The van der Waals surface area contributed by atoms with E-state index in [0.29, 0.717) is 13.1 Å². The molecule has 0 aliphatic carbocycles. The maximum Gasteiger partial charge on any atom is 0.242 e. The number of carbonyl (C=O) groups is 1. The van der Waals surface area contributed by atoms with Gasteiger partial charge in [-0.2, -0.15) is 11.8 Å². The minimum absolute atomic E-state index is 0.0588. The first-order chi connectivity index (χ1) is 9.33. The maximum atomic E-state index is 12.4. The van der Waals surface area contributed by atoms with Crippen molar-refractivity contribution >= 4 is 17.7 Å². The van der Waals surface area contributed by atoms with E-state index in [1.807, 2.05) is 42.1 Å². The summed E-state index contributed by atoms with van der Waals surface area (Å²) >= 11 is 1.95. The normalized spacial score (nSPS) is 17.9. The zero-order valence-corrected chi connectivity index (χ0v) is 11.9. The molecule has 104 valence electrons. The minimum Gasteiger partial charge on any atom is -0.353 e. The van der Waals surface area contributed by atoms with Crippen molar-refractivity contribution in [3.63, 3.8) is 0 Å². The van der Waals surface area contributed by atoms with E-state index in [1.165, 1.54) is 0 Å². The molecule has 1 aliphatic rings. The number of rotatable bonds is 5. The second-order valence-electron chi connectivity index (χ2n) is 4.54. The third-order valence-electron chi connectivity index (χ3n) is 3.22. The van der Waals surface area contributed by atoms with Crippen molar-refractivity contribution in [1.29, 1.82) is 0 Å². The van der Waals surface area contributed by atoms with Crippen LogP contribution in [0.25, 0.3) is 0 Å². The molecular formula is C14H21N3OS. The van der Waals surface area contributed by atoms with Gasteiger partial charge < -0.3 is 11.1 Å². The number of benzene rings is 1. The van der Waals surface area contributed by atoms with Gasteiger partial charge in [0, 0.05) is 37.7 Å². The molecule has 1 amide bonds. The summed E-state index contributed by atoms with van der Waals surface area (Å²) in [6.45, 7) is 2.93. The van der Waals surface area contributed by atoms with Crippen LogP contribution < -0.4 is 11.1 Å². The molecule has 0 radical (unpaired) electrons. The molecule has 1 aromatic carbocycles. The zero-order valence-electron chi connectivity index (χ0n) is 11.0. The Kier molecular flexibility index (Phi) is 5.69. The van der Waals surface area contributed by atoms with Crippen molar-refractivity contribution in [2.24, 2.45) is 5.73 Å². The average molecular weight is 279 g/mol. The van der Waals surface area contributed by atoms with Gasteiger partial charge >= 0.3 is 0 Å². The summed E-state index contributed by atoms with van der Waals surface area (Å²) in [6.07, 6.45) is 0. The van der Waals surface area contributed by atoms with Crippen molar-refractivity contribution < 1.29 is 4.79 Å². The molecule has 1 aromatic rings. The van der Waals surface area contributed by atoms with Gasteiger partial charge in [-0.15, -0.1) is 0 Å². The molecule has 5 heteroatoms. The SMILES string of the molecule is NCCNC(=O)C(c1ccccc1)N1CCSCC1. The first-order valence-corrected chi connectivity index (χ1v) is 7.83. The number of nitrogens with two attached hydrogens (primary N) is 1. The van der Waals surface area contributed by atoms with Gasteiger partial charge in [-0.3, -0.25) is 9.69 Å². The molecule has 0 bridgehead atoms. The number of thioether (sulfide) groups is 1. The number of hydrogen-bond donors (Lipinski definition) is 2. The summed E-state index contributed by atoms with van der Waals surface area (Å²) in [4.78, 5) is 14.6. The third-order valence-corrected chi connectivity index (χ3v) is 4.16. The van der Waals surface area contributed by atoms with Gasteiger partial charge in [0.15, 0.2) is 0 Å². The topological polar surface area (TPSA) is 58.4 Å². The zero-order chi connectivity index (χ0) is 13.5. The predicted octanol–water partition coefficient (Wildman–Crippen LogP) is 0.851. The summed E-state index contributed by atoms with van der Waals surface area (Å²) in [6, 6.07) is 9.80. The second kappa shape index (κ2) is 7.53. The quantitative estimate of drug-likeness (QED) is 0.839. The van der Waals surface area contributed by atoms with Gasteiger partial charge in [-0.25, -0.2) is 0 Å². The van der Waals surface area contributed by atoms with Gasteiger partial charge in [-0.05, 0) is 5.56 Å². The van der Waals surface area contributed by atoms with Gasteiger partial charge in [0.2, 0.25) is 5.91 Å². The molecule has 1 saturated heterocycles. The molecule has 1 atom stereocenters. The highest BCUT2D eigenvalue weighted by molar-refractivity contribution is 7.99. The second-order valence-corrected chi connectivity index (χ2v) is 5.77. The van der Waals surface area contributed by atoms with Crippen LogP contribution in [0.15, 0.2) is 30.3 Å². The maximum absolute atomic E-state index is 12.4. The van der Waals surface area contributed by atoms with Crippen LogP contribution in [0.4, 0.5) is 0 Å². The first-order valence-electron chi connectivity index (χ1n) is 6.67. The van der Waals surface area contributed by atoms with Crippen molar-refractivity contribution in [1.82, 2.24) is 10.2 Å². The Morgan fingerprint density at radius 2 is 2.00 bits per heavy atom. The predicted molar refractivity (Wildman–Crippen MR) is 80.1 cm³/mol. The van der Waals surface area contributed by atoms with Crippen LogP contribution >= 0.6 is 11.8 Å². The van der Waals surface area contributed by atoms with Crippen LogP contribution in [0, 0.1) is 0 Å². The number of carbonyl (C=O) groups excluding carboxylic acids is 1. The summed E-state index contributed by atoms with van der Waals surface area (Å²) in [5.74, 6) is 2.24. The van der Waals surface area contributed by atoms with E-state index in [-0.39, 0.29) is 11.9 Å². The Morgan fingerprint density at radius 1 is 1.32 bits per heavy atom. The van der Waals surface area contributed by atoms with E-state index >= 15 is 0 Å². The molecule has 0 saturated carbocycles. The number of nitrogens with one attached hydrogen (secondary N) is 1. The molecule has 19 heavy (non-hydrogen) atoms. The van der Waals surface area contributed by atoms with Gasteiger partial charge in [0.1, 0.15) is 6.04 Å². The Labute approximate surface area is 118 Å². The van der Waals surface area contributed by atoms with Crippen LogP contribution in [0.3, 0.4) is 0 Å². The van der Waals surface area contributed by atoms with Crippen molar-refractivity contribution in [3.05, 3.63) is 35.9 Å². The summed E-state index contributed by atoms with van der Waals surface area (Å²) < 4.78 is 0. The number of amides is 1. The molecule has 2 rings (SSSR count). The van der Waals surface area contributed by atoms with E-state index < -0.39 is 0 Å². The molecule has 0 aromatic heterocycles. The van der Waals surface area contributed by atoms with Crippen molar-refractivity contribution in [3.8, 4) is 0 Å². The standard InChI is InChI=1S/C14H21N3OS/c15-6-7-16-14(18)13(12-4-2-1-3-5-12)17-8-10-19-11-9-17/h1-5,13H,6-11,15H2,(H,16,18). The Hall–Kier alpha value is -1.04. The van der Waals surface area contributed by atoms with Crippen LogP contribution in [0.2, 0.25) is 0 Å². The van der Waals surface area contributed by atoms with Gasteiger partial charge in [0.05, 0.1) is 0 Å². The fourth-order valence-electron chi connectivity index (χ4n) is 2.29. The minimum atomic E-state index is -0.186. The molecule has 3 N–H and O–H groups in total. The lowest BCUT2D eigenvalue weighted by Gasteiger charge is -2.33. The van der Waals surface area contributed by atoms with E-state index in [1.54, 1.807) is 0 Å². The molecular weight excluding hydrogens is 258 g/mol. The van der Waals surface area contributed by atoms with E-state index in [2.05, 4.69) is 10.2 Å². The largest absolute Gasteiger partial charge is 0.353 e. The van der Waals surface area contributed by atoms with Crippen molar-refractivity contribution in [2.75, 3.05) is 37.7 Å². The van der Waals surface area contributed by atoms with Crippen LogP contribution in [0.5, 0.6) is 0 Å². The van der Waals surface area contributed by atoms with Crippen LogP contribution in [-0.2, 0) is 4.79 Å². The highest BCUT2D eigenvalue weighted by Gasteiger charge is 2.28. The fraction of sp³-hybridized carbons (Fsp3) is 0.500. The summed E-state index contributed by atoms with van der Waals surface area (Å²) in [5, 5.41) is 2.92. The molecule has 1 unspecified atom stereocenters. The van der Waals surface area contributed by atoms with E-state index in [9.17, 15) is 4.79 Å². The lowest BCUT2D eigenvalue weighted by Crippen LogP contribution is -2.45. The van der Waals surface area contributed by atoms with Gasteiger partial charge in [0.25, 0.3) is 0 Å². The molecule has 1 heterocycles.